The molecule has 0 heterocycles. The van der Waals surface area contributed by atoms with Crippen molar-refractivity contribution in [2.75, 3.05) is 13.7 Å². The number of halogens is 1. The molecule has 0 bridgehead atoms. The van der Waals surface area contributed by atoms with Crippen LogP contribution in [0.15, 0.2) is 24.3 Å². The highest BCUT2D eigenvalue weighted by molar-refractivity contribution is 5.84. The van der Waals surface area contributed by atoms with Gasteiger partial charge in [-0.1, -0.05) is 18.2 Å². The van der Waals surface area contributed by atoms with Crippen molar-refractivity contribution in [2.45, 2.75) is 12.5 Å². The first kappa shape index (κ1) is 14.1. The van der Waals surface area contributed by atoms with Gasteiger partial charge in [-0.15, -0.1) is 0 Å². The van der Waals surface area contributed by atoms with Crippen LogP contribution in [-0.2, 0) is 20.7 Å². The molecule has 2 N–H and O–H groups in total. The minimum atomic E-state index is -1.20. The second kappa shape index (κ2) is 6.70. The Hall–Kier alpha value is -1.95. The van der Waals surface area contributed by atoms with E-state index in [9.17, 15) is 14.0 Å². The number of carboxylic acids is 1. The number of hydrogen-bond donors (Lipinski definition) is 2. The zero-order valence-corrected chi connectivity index (χ0v) is 9.85. The Balaban J connectivity index is 2.61. The third-order valence-corrected chi connectivity index (χ3v) is 2.28. The molecule has 0 aliphatic carbocycles. The van der Waals surface area contributed by atoms with E-state index in [1.807, 2.05) is 0 Å². The number of carboxylic acid groups (broad SMARTS) is 1. The molecule has 1 unspecified atom stereocenters. The van der Waals surface area contributed by atoms with E-state index in [1.54, 1.807) is 6.07 Å². The molecule has 98 valence electrons. The van der Waals surface area contributed by atoms with Crippen LogP contribution in [0.4, 0.5) is 4.39 Å². The van der Waals surface area contributed by atoms with E-state index < -0.39 is 23.7 Å². The summed E-state index contributed by atoms with van der Waals surface area (Å²) in [6.45, 7) is -0.141. The number of methoxy groups -OCH3 is 1. The van der Waals surface area contributed by atoms with Gasteiger partial charge in [0.25, 0.3) is 0 Å². The van der Waals surface area contributed by atoms with E-state index >= 15 is 0 Å². The lowest BCUT2D eigenvalue weighted by atomic mass is 10.1. The van der Waals surface area contributed by atoms with E-state index in [1.165, 1.54) is 25.3 Å². The summed E-state index contributed by atoms with van der Waals surface area (Å²) in [4.78, 5) is 22.3. The van der Waals surface area contributed by atoms with Gasteiger partial charge in [0.15, 0.2) is 6.04 Å². The monoisotopic (exact) mass is 255 g/mol. The maximum atomic E-state index is 13.3. The van der Waals surface area contributed by atoms with E-state index in [2.05, 4.69) is 10.1 Å². The summed E-state index contributed by atoms with van der Waals surface area (Å²) in [7, 11) is 1.33. The van der Waals surface area contributed by atoms with Crippen LogP contribution in [0.2, 0.25) is 0 Å². The summed E-state index contributed by atoms with van der Waals surface area (Å²) in [6.07, 6.45) is -0.208. The van der Waals surface area contributed by atoms with Crippen molar-refractivity contribution in [1.29, 1.82) is 0 Å². The maximum absolute atomic E-state index is 13.3. The van der Waals surface area contributed by atoms with Gasteiger partial charge in [0.05, 0.1) is 13.0 Å². The van der Waals surface area contributed by atoms with Crippen molar-refractivity contribution >= 4 is 11.9 Å². The van der Waals surface area contributed by atoms with Crippen molar-refractivity contribution in [3.05, 3.63) is 35.6 Å². The van der Waals surface area contributed by atoms with Gasteiger partial charge in [0, 0.05) is 7.11 Å². The minimum absolute atomic E-state index is 0.141. The van der Waals surface area contributed by atoms with Crippen LogP contribution in [0.25, 0.3) is 0 Å². The van der Waals surface area contributed by atoms with Gasteiger partial charge >= 0.3 is 5.97 Å². The van der Waals surface area contributed by atoms with Crippen molar-refractivity contribution in [3.8, 4) is 0 Å². The normalized spacial score (nSPS) is 11.9. The van der Waals surface area contributed by atoms with Crippen LogP contribution in [0.3, 0.4) is 0 Å². The van der Waals surface area contributed by atoms with Gasteiger partial charge in [0.2, 0.25) is 5.91 Å². The molecular weight excluding hydrogens is 241 g/mol. The van der Waals surface area contributed by atoms with Crippen molar-refractivity contribution in [3.63, 3.8) is 0 Å². The highest BCUT2D eigenvalue weighted by Crippen LogP contribution is 2.06. The smallest absolute Gasteiger partial charge is 0.328 e. The van der Waals surface area contributed by atoms with Gasteiger partial charge < -0.3 is 15.2 Å². The zero-order chi connectivity index (χ0) is 13.5. The van der Waals surface area contributed by atoms with Crippen molar-refractivity contribution in [1.82, 2.24) is 5.32 Å². The summed E-state index contributed by atoms with van der Waals surface area (Å²) in [6, 6.07) is 4.71. The summed E-state index contributed by atoms with van der Waals surface area (Å²) < 4.78 is 17.9. The summed E-state index contributed by atoms with van der Waals surface area (Å²) >= 11 is 0. The van der Waals surface area contributed by atoms with Crippen LogP contribution in [-0.4, -0.2) is 36.7 Å². The van der Waals surface area contributed by atoms with Gasteiger partial charge in [-0.25, -0.2) is 9.18 Å². The number of ether oxygens (including phenoxy) is 1. The first-order valence-corrected chi connectivity index (χ1v) is 5.29. The minimum Gasteiger partial charge on any atom is -0.480 e. The van der Waals surface area contributed by atoms with Crippen LogP contribution >= 0.6 is 0 Å². The van der Waals surface area contributed by atoms with Gasteiger partial charge in [-0.05, 0) is 11.6 Å². The summed E-state index contributed by atoms with van der Waals surface area (Å²) in [5.41, 5.74) is 0.219. The van der Waals surface area contributed by atoms with Crippen molar-refractivity contribution < 1.29 is 23.8 Å². The average Bonchev–Trinajstić information content (AvgIpc) is 2.31. The number of carbonyl (C=O) groups excluding carboxylic acids is 1. The number of nitrogens with one attached hydrogen (secondary N) is 1. The topological polar surface area (TPSA) is 75.6 Å². The summed E-state index contributed by atoms with van der Waals surface area (Å²) in [5.74, 6) is -2.26. The van der Waals surface area contributed by atoms with Crippen LogP contribution < -0.4 is 5.32 Å². The van der Waals surface area contributed by atoms with E-state index in [4.69, 9.17) is 5.11 Å². The molecule has 0 radical (unpaired) electrons. The molecule has 1 aromatic rings. The molecule has 0 aromatic heterocycles. The van der Waals surface area contributed by atoms with Crippen LogP contribution in [0, 0.1) is 5.82 Å². The zero-order valence-electron chi connectivity index (χ0n) is 9.85. The number of carbonyl (C=O) groups is 2. The van der Waals surface area contributed by atoms with Gasteiger partial charge in [-0.3, -0.25) is 4.79 Å². The SMILES string of the molecule is COCC(NC(=O)Cc1ccccc1F)C(=O)O. The van der Waals surface area contributed by atoms with Crippen LogP contribution in [0.1, 0.15) is 5.56 Å². The number of benzene rings is 1. The lowest BCUT2D eigenvalue weighted by Crippen LogP contribution is -2.44. The molecule has 0 aliphatic rings. The molecule has 0 fully saturated rings. The van der Waals surface area contributed by atoms with Crippen molar-refractivity contribution in [2.24, 2.45) is 0 Å². The predicted octanol–water partition coefficient (Wildman–Crippen LogP) is 0.584. The third-order valence-electron chi connectivity index (χ3n) is 2.28. The Morgan fingerprint density at radius 3 is 2.67 bits per heavy atom. The Kier molecular flexibility index (Phi) is 5.26. The second-order valence-electron chi connectivity index (χ2n) is 3.68. The molecule has 1 atom stereocenters. The number of rotatable bonds is 6. The second-order valence-corrected chi connectivity index (χ2v) is 3.68. The third kappa shape index (κ3) is 4.14. The molecule has 18 heavy (non-hydrogen) atoms. The fourth-order valence-corrected chi connectivity index (χ4v) is 1.40. The quantitative estimate of drug-likeness (QED) is 0.779. The number of aliphatic carboxylic acids is 1. The Morgan fingerprint density at radius 1 is 1.44 bits per heavy atom. The molecule has 1 rings (SSSR count). The highest BCUT2D eigenvalue weighted by Gasteiger charge is 2.20. The number of amides is 1. The first-order valence-electron chi connectivity index (χ1n) is 5.29. The molecule has 5 nitrogen and oxygen atoms in total. The highest BCUT2D eigenvalue weighted by atomic mass is 19.1. The maximum Gasteiger partial charge on any atom is 0.328 e. The Bertz CT molecular complexity index is 436. The lowest BCUT2D eigenvalue weighted by molar-refractivity contribution is -0.143. The average molecular weight is 255 g/mol. The fraction of sp³-hybridized carbons (Fsp3) is 0.333. The Labute approximate surface area is 104 Å². The largest absolute Gasteiger partial charge is 0.480 e. The molecule has 0 saturated carbocycles. The molecule has 1 amide bonds. The van der Waals surface area contributed by atoms with E-state index in [0.29, 0.717) is 0 Å². The molecule has 0 aliphatic heterocycles. The van der Waals surface area contributed by atoms with E-state index in [0.717, 1.165) is 0 Å². The molecule has 6 heteroatoms. The summed E-state index contributed by atoms with van der Waals surface area (Å²) in [5, 5.41) is 11.1. The first-order chi connectivity index (χ1) is 8.54. The predicted molar refractivity (Wildman–Crippen MR) is 61.5 cm³/mol. The van der Waals surface area contributed by atoms with Gasteiger partial charge in [0.1, 0.15) is 5.82 Å². The Morgan fingerprint density at radius 2 is 2.11 bits per heavy atom. The number of hydrogen-bond acceptors (Lipinski definition) is 3. The van der Waals surface area contributed by atoms with E-state index in [-0.39, 0.29) is 18.6 Å². The van der Waals surface area contributed by atoms with Gasteiger partial charge in [-0.2, -0.15) is 0 Å². The molecule has 0 saturated heterocycles. The molecule has 0 spiro atoms. The molecule has 1 aromatic carbocycles. The van der Waals surface area contributed by atoms with Crippen LogP contribution in [0.5, 0.6) is 0 Å². The fourth-order valence-electron chi connectivity index (χ4n) is 1.40. The lowest BCUT2D eigenvalue weighted by Gasteiger charge is -2.13. The standard InChI is InChI=1S/C12H14FNO4/c1-18-7-10(12(16)17)14-11(15)6-8-4-2-3-5-9(8)13/h2-5,10H,6-7H2,1H3,(H,14,15)(H,16,17). The molecular formula is C12H14FNO4.